The number of carbonyl (C=O) groups excluding carboxylic acids is 2. The van der Waals surface area contributed by atoms with Gasteiger partial charge in [0.1, 0.15) is 0 Å². The van der Waals surface area contributed by atoms with Gasteiger partial charge in [-0.15, -0.1) is 0 Å². The lowest BCUT2D eigenvalue weighted by atomic mass is 10.1. The van der Waals surface area contributed by atoms with Crippen LogP contribution in [0, 0.1) is 17.0 Å². The number of carbonyl (C=O) groups is 2. The summed E-state index contributed by atoms with van der Waals surface area (Å²) in [6.07, 6.45) is 0. The number of aromatic nitrogens is 2. The van der Waals surface area contributed by atoms with Crippen LogP contribution in [0.25, 0.3) is 11.4 Å². The first-order chi connectivity index (χ1) is 14.9. The Hall–Kier alpha value is -4.28. The minimum Gasteiger partial charge on any atom is -0.477 e. The van der Waals surface area contributed by atoms with Crippen LogP contribution in [0.3, 0.4) is 0 Å². The molecule has 0 fully saturated rings. The standard InChI is InChI=1S/C20H19N5O6/c1-13-6-8-14(9-7-13)18-23-20(31-24-18)19(27)22-11-10-21-17(26)12-30-16-5-3-2-4-15(16)25(28)29/h2-9H,10-12H2,1H3,(H,21,26)(H,22,27). The molecule has 0 spiro atoms. The summed E-state index contributed by atoms with van der Waals surface area (Å²) >= 11 is 0. The summed E-state index contributed by atoms with van der Waals surface area (Å²) < 4.78 is 10.2. The second-order valence-electron chi connectivity index (χ2n) is 6.41. The van der Waals surface area contributed by atoms with E-state index in [1.165, 1.54) is 18.2 Å². The Morgan fingerprint density at radius 3 is 2.55 bits per heavy atom. The number of nitrogens with zero attached hydrogens (tertiary/aromatic N) is 3. The second kappa shape index (κ2) is 9.96. The molecule has 160 valence electrons. The van der Waals surface area contributed by atoms with Gasteiger partial charge >= 0.3 is 17.5 Å². The van der Waals surface area contributed by atoms with Gasteiger partial charge in [-0.1, -0.05) is 47.1 Å². The van der Waals surface area contributed by atoms with Crippen molar-refractivity contribution in [2.24, 2.45) is 0 Å². The summed E-state index contributed by atoms with van der Waals surface area (Å²) in [5.41, 5.74) is 1.58. The maximum atomic E-state index is 12.1. The quantitative estimate of drug-likeness (QED) is 0.300. The number of nitro groups is 1. The number of aryl methyl sites for hydroxylation is 1. The van der Waals surface area contributed by atoms with E-state index in [0.717, 1.165) is 11.1 Å². The zero-order chi connectivity index (χ0) is 22.2. The van der Waals surface area contributed by atoms with E-state index in [0.29, 0.717) is 5.82 Å². The van der Waals surface area contributed by atoms with Gasteiger partial charge in [-0.05, 0) is 13.0 Å². The molecular weight excluding hydrogens is 406 g/mol. The van der Waals surface area contributed by atoms with Crippen molar-refractivity contribution in [1.29, 1.82) is 0 Å². The van der Waals surface area contributed by atoms with Gasteiger partial charge in [-0.25, -0.2) is 0 Å². The van der Waals surface area contributed by atoms with E-state index in [2.05, 4.69) is 20.8 Å². The average Bonchev–Trinajstić information content (AvgIpc) is 3.26. The lowest BCUT2D eigenvalue weighted by Gasteiger charge is -2.08. The highest BCUT2D eigenvalue weighted by atomic mass is 16.6. The molecule has 2 aromatic carbocycles. The molecular formula is C20H19N5O6. The fourth-order valence-electron chi connectivity index (χ4n) is 2.51. The number of amides is 2. The predicted octanol–water partition coefficient (Wildman–Crippen LogP) is 1.88. The van der Waals surface area contributed by atoms with Crippen LogP contribution in [-0.2, 0) is 4.79 Å². The van der Waals surface area contributed by atoms with Crippen LogP contribution in [-0.4, -0.2) is 46.6 Å². The molecule has 0 aliphatic rings. The minimum absolute atomic E-state index is 0.00303. The summed E-state index contributed by atoms with van der Waals surface area (Å²) in [5.74, 6) is -0.966. The van der Waals surface area contributed by atoms with Crippen molar-refractivity contribution in [1.82, 2.24) is 20.8 Å². The fraction of sp³-hybridized carbons (Fsp3) is 0.200. The van der Waals surface area contributed by atoms with Gasteiger partial charge in [0.2, 0.25) is 5.82 Å². The van der Waals surface area contributed by atoms with Crippen LogP contribution in [0.5, 0.6) is 5.75 Å². The summed E-state index contributed by atoms with van der Waals surface area (Å²) in [6.45, 7) is 1.78. The van der Waals surface area contributed by atoms with Crippen molar-refractivity contribution in [3.05, 3.63) is 70.1 Å². The van der Waals surface area contributed by atoms with Crippen LogP contribution < -0.4 is 15.4 Å². The van der Waals surface area contributed by atoms with Gasteiger partial charge in [0.05, 0.1) is 4.92 Å². The normalized spacial score (nSPS) is 10.4. The molecule has 3 rings (SSSR count). The van der Waals surface area contributed by atoms with Gasteiger partial charge in [0.25, 0.3) is 5.91 Å². The maximum absolute atomic E-state index is 12.1. The number of nitrogens with one attached hydrogen (secondary N) is 2. The molecule has 0 saturated heterocycles. The second-order valence-corrected chi connectivity index (χ2v) is 6.41. The third-order valence-electron chi connectivity index (χ3n) is 4.08. The number of hydrogen-bond acceptors (Lipinski definition) is 8. The number of rotatable bonds is 9. The fourth-order valence-corrected chi connectivity index (χ4v) is 2.51. The smallest absolute Gasteiger partial charge is 0.316 e. The van der Waals surface area contributed by atoms with Crippen molar-refractivity contribution in [2.75, 3.05) is 19.7 Å². The van der Waals surface area contributed by atoms with Gasteiger partial charge in [0.15, 0.2) is 12.4 Å². The molecule has 0 radical (unpaired) electrons. The van der Waals surface area contributed by atoms with Crippen molar-refractivity contribution in [3.63, 3.8) is 0 Å². The Kier molecular flexibility index (Phi) is 6.89. The minimum atomic E-state index is -0.593. The summed E-state index contributed by atoms with van der Waals surface area (Å²) in [4.78, 5) is 38.3. The molecule has 11 heteroatoms. The molecule has 0 aliphatic carbocycles. The number of nitro benzene ring substituents is 1. The highest BCUT2D eigenvalue weighted by Gasteiger charge is 2.17. The number of ether oxygens (including phenoxy) is 1. The molecule has 0 aliphatic heterocycles. The van der Waals surface area contributed by atoms with Crippen LogP contribution in [0.2, 0.25) is 0 Å². The third-order valence-corrected chi connectivity index (χ3v) is 4.08. The molecule has 3 aromatic rings. The zero-order valence-corrected chi connectivity index (χ0v) is 16.5. The highest BCUT2D eigenvalue weighted by Crippen LogP contribution is 2.25. The summed E-state index contributed by atoms with van der Waals surface area (Å²) in [7, 11) is 0. The SMILES string of the molecule is Cc1ccc(-c2noc(C(=O)NCCNC(=O)COc3ccccc3[N+](=O)[O-])n2)cc1. The molecule has 0 bridgehead atoms. The van der Waals surface area contributed by atoms with Crippen molar-refractivity contribution in [2.45, 2.75) is 6.92 Å². The highest BCUT2D eigenvalue weighted by molar-refractivity contribution is 5.89. The van der Waals surface area contributed by atoms with Crippen LogP contribution in [0.15, 0.2) is 53.1 Å². The van der Waals surface area contributed by atoms with Crippen LogP contribution in [0.1, 0.15) is 16.2 Å². The van der Waals surface area contributed by atoms with E-state index in [1.54, 1.807) is 6.07 Å². The average molecular weight is 425 g/mol. The molecule has 2 N–H and O–H groups in total. The first-order valence-corrected chi connectivity index (χ1v) is 9.26. The van der Waals surface area contributed by atoms with E-state index in [-0.39, 0.29) is 30.4 Å². The first kappa shape index (κ1) is 21.4. The molecule has 2 amide bonds. The first-order valence-electron chi connectivity index (χ1n) is 9.26. The lowest BCUT2D eigenvalue weighted by molar-refractivity contribution is -0.385. The van der Waals surface area contributed by atoms with E-state index >= 15 is 0 Å². The molecule has 1 aromatic heterocycles. The van der Waals surface area contributed by atoms with Crippen LogP contribution >= 0.6 is 0 Å². The molecule has 11 nitrogen and oxygen atoms in total. The Bertz CT molecular complexity index is 1080. The van der Waals surface area contributed by atoms with E-state index in [9.17, 15) is 19.7 Å². The maximum Gasteiger partial charge on any atom is 0.316 e. The Morgan fingerprint density at radius 1 is 1.10 bits per heavy atom. The Labute approximate surface area is 176 Å². The van der Waals surface area contributed by atoms with Crippen molar-refractivity contribution < 1.29 is 23.8 Å². The van der Waals surface area contributed by atoms with Gasteiger partial charge in [-0.3, -0.25) is 19.7 Å². The zero-order valence-electron chi connectivity index (χ0n) is 16.5. The predicted molar refractivity (Wildman–Crippen MR) is 108 cm³/mol. The summed E-state index contributed by atoms with van der Waals surface area (Å²) in [6, 6.07) is 13.2. The van der Waals surface area contributed by atoms with Gasteiger partial charge < -0.3 is 19.9 Å². The molecule has 0 unspecified atom stereocenters. The number of para-hydroxylation sites is 2. The van der Waals surface area contributed by atoms with Crippen molar-refractivity contribution in [3.8, 4) is 17.1 Å². The Balaban J connectivity index is 1.41. The molecule has 31 heavy (non-hydrogen) atoms. The molecule has 0 saturated carbocycles. The Morgan fingerprint density at radius 2 is 1.81 bits per heavy atom. The largest absolute Gasteiger partial charge is 0.477 e. The number of benzene rings is 2. The van der Waals surface area contributed by atoms with Gasteiger partial charge in [-0.2, -0.15) is 4.98 Å². The van der Waals surface area contributed by atoms with Crippen molar-refractivity contribution >= 4 is 17.5 Å². The topological polar surface area (TPSA) is 149 Å². The third kappa shape index (κ3) is 5.85. The van der Waals surface area contributed by atoms with Gasteiger partial charge in [0, 0.05) is 24.7 Å². The number of hydrogen-bond donors (Lipinski definition) is 2. The monoisotopic (exact) mass is 425 g/mol. The van der Waals surface area contributed by atoms with E-state index in [1.807, 2.05) is 31.2 Å². The lowest BCUT2D eigenvalue weighted by Crippen LogP contribution is -2.36. The van der Waals surface area contributed by atoms with E-state index in [4.69, 9.17) is 9.26 Å². The van der Waals surface area contributed by atoms with Crippen LogP contribution in [0.4, 0.5) is 5.69 Å². The van der Waals surface area contributed by atoms with E-state index < -0.39 is 23.3 Å². The molecule has 0 atom stereocenters. The summed E-state index contributed by atoms with van der Waals surface area (Å²) in [5, 5.41) is 19.8. The molecule has 1 heterocycles.